The number of non-ortho nitro benzene ring substituents is 1. The van der Waals surface area contributed by atoms with E-state index in [4.69, 9.17) is 4.74 Å². The van der Waals surface area contributed by atoms with Crippen LogP contribution in [0.2, 0.25) is 0 Å². The summed E-state index contributed by atoms with van der Waals surface area (Å²) in [5.74, 6) is 0.781. The van der Waals surface area contributed by atoms with Crippen molar-refractivity contribution in [2.45, 2.75) is 25.2 Å². The normalized spacial score (nSPS) is 11.3. The first-order chi connectivity index (χ1) is 12.7. The van der Waals surface area contributed by atoms with Gasteiger partial charge in [0.2, 0.25) is 0 Å². The Labute approximate surface area is 158 Å². The van der Waals surface area contributed by atoms with Gasteiger partial charge in [0.1, 0.15) is 10.6 Å². The molecular formula is C18H23N3O5S. The monoisotopic (exact) mass is 393 g/mol. The minimum absolute atomic E-state index is 0.189. The summed E-state index contributed by atoms with van der Waals surface area (Å²) < 4.78 is 33.5. The fourth-order valence-electron chi connectivity index (χ4n) is 2.42. The fraction of sp³-hybridized carbons (Fsp3) is 0.333. The van der Waals surface area contributed by atoms with Gasteiger partial charge in [-0.2, -0.15) is 0 Å². The third kappa shape index (κ3) is 5.33. The average Bonchev–Trinajstić information content (AvgIpc) is 2.61. The number of nitrogens with zero attached hydrogens (tertiary/aromatic N) is 1. The third-order valence-corrected chi connectivity index (χ3v) is 5.26. The molecule has 0 spiro atoms. The molecule has 0 radical (unpaired) electrons. The van der Waals surface area contributed by atoms with Gasteiger partial charge in [-0.25, -0.2) is 8.42 Å². The Morgan fingerprint density at radius 3 is 2.48 bits per heavy atom. The Bertz CT molecular complexity index is 913. The molecule has 0 aliphatic carbocycles. The van der Waals surface area contributed by atoms with Crippen LogP contribution in [-0.2, 0) is 10.0 Å². The first kappa shape index (κ1) is 20.5. The first-order valence-electron chi connectivity index (χ1n) is 8.42. The zero-order valence-corrected chi connectivity index (χ0v) is 16.2. The van der Waals surface area contributed by atoms with Crippen LogP contribution in [0.15, 0.2) is 47.4 Å². The Morgan fingerprint density at radius 2 is 1.85 bits per heavy atom. The number of anilines is 2. The molecule has 2 aromatic rings. The molecule has 0 bridgehead atoms. The second-order valence-electron chi connectivity index (χ2n) is 6.35. The molecule has 27 heavy (non-hydrogen) atoms. The van der Waals surface area contributed by atoms with Crippen LogP contribution >= 0.6 is 0 Å². The van der Waals surface area contributed by atoms with Crippen molar-refractivity contribution in [2.75, 3.05) is 23.7 Å². The van der Waals surface area contributed by atoms with Crippen LogP contribution < -0.4 is 14.8 Å². The Morgan fingerprint density at radius 1 is 1.15 bits per heavy atom. The molecule has 0 aromatic heterocycles. The fourth-order valence-corrected chi connectivity index (χ4v) is 3.69. The van der Waals surface area contributed by atoms with Crippen LogP contribution in [0.3, 0.4) is 0 Å². The smallest absolute Gasteiger partial charge is 0.270 e. The van der Waals surface area contributed by atoms with Crippen LogP contribution in [-0.4, -0.2) is 27.0 Å². The molecule has 0 fully saturated rings. The van der Waals surface area contributed by atoms with Crippen molar-refractivity contribution in [2.24, 2.45) is 5.92 Å². The van der Waals surface area contributed by atoms with Crippen LogP contribution in [0.5, 0.6) is 5.75 Å². The van der Waals surface area contributed by atoms with Crippen molar-refractivity contribution in [3.8, 4) is 5.75 Å². The highest BCUT2D eigenvalue weighted by Gasteiger charge is 2.23. The molecule has 2 aromatic carbocycles. The number of sulfonamides is 1. The number of nitro benzene ring substituents is 1. The maximum absolute atomic E-state index is 12.9. The highest BCUT2D eigenvalue weighted by Crippen LogP contribution is 2.31. The number of nitro groups is 1. The van der Waals surface area contributed by atoms with Gasteiger partial charge < -0.3 is 10.1 Å². The van der Waals surface area contributed by atoms with E-state index in [2.05, 4.69) is 23.9 Å². The number of para-hydroxylation sites is 2. The van der Waals surface area contributed by atoms with Gasteiger partial charge in [0.05, 0.1) is 23.4 Å². The van der Waals surface area contributed by atoms with Gasteiger partial charge in [-0.3, -0.25) is 14.8 Å². The summed E-state index contributed by atoms with van der Waals surface area (Å²) in [4.78, 5) is 10.3. The highest BCUT2D eigenvalue weighted by atomic mass is 32.2. The summed E-state index contributed by atoms with van der Waals surface area (Å²) in [6.07, 6.45) is 0.830. The van der Waals surface area contributed by atoms with E-state index >= 15 is 0 Å². The summed E-state index contributed by atoms with van der Waals surface area (Å²) in [7, 11) is -2.65. The van der Waals surface area contributed by atoms with Crippen molar-refractivity contribution in [3.63, 3.8) is 0 Å². The van der Waals surface area contributed by atoms with Crippen molar-refractivity contribution in [1.82, 2.24) is 0 Å². The molecule has 0 saturated heterocycles. The Kier molecular flexibility index (Phi) is 6.62. The van der Waals surface area contributed by atoms with Gasteiger partial charge in [0, 0.05) is 18.7 Å². The Hall–Kier alpha value is -2.81. The van der Waals surface area contributed by atoms with E-state index < -0.39 is 14.9 Å². The molecule has 2 rings (SSSR count). The number of ether oxygens (including phenoxy) is 1. The van der Waals surface area contributed by atoms with E-state index in [1.54, 1.807) is 24.3 Å². The predicted octanol–water partition coefficient (Wildman–Crippen LogP) is 3.86. The average molecular weight is 393 g/mol. The lowest BCUT2D eigenvalue weighted by molar-refractivity contribution is -0.385. The number of rotatable bonds is 9. The third-order valence-electron chi connectivity index (χ3n) is 3.85. The molecule has 0 aliphatic heterocycles. The molecule has 0 saturated carbocycles. The van der Waals surface area contributed by atoms with Gasteiger partial charge >= 0.3 is 0 Å². The summed E-state index contributed by atoms with van der Waals surface area (Å²) in [6, 6.07) is 10.3. The number of methoxy groups -OCH3 is 1. The number of benzene rings is 2. The van der Waals surface area contributed by atoms with E-state index in [0.717, 1.165) is 12.5 Å². The second kappa shape index (κ2) is 8.72. The molecule has 8 nitrogen and oxygen atoms in total. The van der Waals surface area contributed by atoms with Crippen molar-refractivity contribution >= 4 is 27.1 Å². The molecule has 0 aliphatic rings. The molecular weight excluding hydrogens is 370 g/mol. The van der Waals surface area contributed by atoms with Crippen LogP contribution in [0.4, 0.5) is 17.1 Å². The molecule has 0 amide bonds. The summed E-state index contributed by atoms with van der Waals surface area (Å²) in [6.45, 7) is 4.66. The van der Waals surface area contributed by atoms with E-state index in [1.807, 2.05) is 0 Å². The van der Waals surface area contributed by atoms with Crippen molar-refractivity contribution < 1.29 is 18.1 Å². The lowest BCUT2D eigenvalue weighted by Gasteiger charge is -2.16. The summed E-state index contributed by atoms with van der Waals surface area (Å²) in [5, 5.41) is 14.2. The quantitative estimate of drug-likeness (QED) is 0.494. The molecule has 2 N–H and O–H groups in total. The topological polar surface area (TPSA) is 111 Å². The molecule has 0 atom stereocenters. The van der Waals surface area contributed by atoms with Gasteiger partial charge in [-0.15, -0.1) is 0 Å². The molecule has 9 heteroatoms. The zero-order chi connectivity index (χ0) is 20.0. The lowest BCUT2D eigenvalue weighted by Crippen LogP contribution is -2.17. The van der Waals surface area contributed by atoms with Gasteiger partial charge in [0.15, 0.2) is 0 Å². The van der Waals surface area contributed by atoms with E-state index in [9.17, 15) is 18.5 Å². The van der Waals surface area contributed by atoms with Gasteiger partial charge in [-0.1, -0.05) is 26.0 Å². The summed E-state index contributed by atoms with van der Waals surface area (Å²) >= 11 is 0. The lowest BCUT2D eigenvalue weighted by atomic mass is 10.1. The van der Waals surface area contributed by atoms with E-state index in [-0.39, 0.29) is 16.3 Å². The summed E-state index contributed by atoms with van der Waals surface area (Å²) in [5.41, 5.74) is 0.257. The predicted molar refractivity (Wildman–Crippen MR) is 105 cm³/mol. The first-order valence-corrected chi connectivity index (χ1v) is 9.91. The minimum atomic E-state index is -4.08. The van der Waals surface area contributed by atoms with Crippen LogP contribution in [0, 0.1) is 16.0 Å². The van der Waals surface area contributed by atoms with E-state index in [1.165, 1.54) is 19.2 Å². The maximum atomic E-state index is 12.9. The van der Waals surface area contributed by atoms with Crippen molar-refractivity contribution in [3.05, 3.63) is 52.6 Å². The second-order valence-corrected chi connectivity index (χ2v) is 8.00. The van der Waals surface area contributed by atoms with Gasteiger partial charge in [0.25, 0.3) is 15.7 Å². The molecule has 0 heterocycles. The number of hydrogen-bond acceptors (Lipinski definition) is 6. The standard InChI is InChI=1S/C18H23N3O5S/c1-13(2)10-11-19-16-9-8-14(21(22)23)12-18(16)27(24,25)20-15-6-4-5-7-17(15)26-3/h4-9,12-13,19-20H,10-11H2,1-3H3. The highest BCUT2D eigenvalue weighted by molar-refractivity contribution is 7.93. The minimum Gasteiger partial charge on any atom is -0.495 e. The largest absolute Gasteiger partial charge is 0.495 e. The van der Waals surface area contributed by atoms with Crippen LogP contribution in [0.25, 0.3) is 0 Å². The number of hydrogen-bond donors (Lipinski definition) is 2. The maximum Gasteiger partial charge on any atom is 0.270 e. The molecule has 146 valence electrons. The van der Waals surface area contributed by atoms with Gasteiger partial charge in [-0.05, 0) is 30.5 Å². The van der Waals surface area contributed by atoms with E-state index in [0.29, 0.717) is 23.9 Å². The number of nitrogens with one attached hydrogen (secondary N) is 2. The SMILES string of the molecule is COc1ccccc1NS(=O)(=O)c1cc([N+](=O)[O-])ccc1NCCC(C)C. The molecule has 0 unspecified atom stereocenters. The Balaban J connectivity index is 2.42. The van der Waals surface area contributed by atoms with Crippen LogP contribution in [0.1, 0.15) is 20.3 Å². The zero-order valence-electron chi connectivity index (χ0n) is 15.4. The van der Waals surface area contributed by atoms with Crippen molar-refractivity contribution in [1.29, 1.82) is 0 Å².